The molecule has 0 amide bonds. The Labute approximate surface area is 116 Å². The summed E-state index contributed by atoms with van der Waals surface area (Å²) in [6, 6.07) is 2.18. The van der Waals surface area contributed by atoms with Crippen molar-refractivity contribution in [1.29, 1.82) is 5.26 Å². The third kappa shape index (κ3) is 2.40. The van der Waals surface area contributed by atoms with Crippen LogP contribution in [0, 0.1) is 17.2 Å². The minimum absolute atomic E-state index is 0.579. The average Bonchev–Trinajstić information content (AvgIpc) is 2.95. The van der Waals surface area contributed by atoms with Gasteiger partial charge in [-0.1, -0.05) is 0 Å². The van der Waals surface area contributed by atoms with Crippen LogP contribution < -0.4 is 0 Å². The van der Waals surface area contributed by atoms with E-state index in [1.807, 2.05) is 0 Å². The lowest BCUT2D eigenvalue weighted by molar-refractivity contribution is 0.269. The van der Waals surface area contributed by atoms with Crippen molar-refractivity contribution in [2.45, 2.75) is 30.2 Å². The maximum Gasteiger partial charge on any atom is 0.134 e. The molecule has 3 atom stereocenters. The van der Waals surface area contributed by atoms with Crippen molar-refractivity contribution in [3.8, 4) is 6.07 Å². The number of fused-ring (bicyclic) bond motifs is 2. The summed E-state index contributed by atoms with van der Waals surface area (Å²) in [5.74, 6) is 2.18. The van der Waals surface area contributed by atoms with Gasteiger partial charge in [-0.25, -0.2) is 0 Å². The molecule has 3 heterocycles. The molecule has 2 fully saturated rings. The molecule has 1 aromatic heterocycles. The van der Waals surface area contributed by atoms with Crippen molar-refractivity contribution in [1.82, 2.24) is 13.6 Å². The highest BCUT2D eigenvalue weighted by Gasteiger charge is 2.38. The average molecular weight is 280 g/mol. The molecule has 18 heavy (non-hydrogen) atoms. The topological polar surface area (TPSA) is 52.8 Å². The molecule has 3 unspecified atom stereocenters. The molecule has 0 spiro atoms. The van der Waals surface area contributed by atoms with Gasteiger partial charge in [-0.2, -0.15) is 14.0 Å². The summed E-state index contributed by atoms with van der Waals surface area (Å²) in [4.78, 5) is 2.56. The minimum atomic E-state index is 0.579. The van der Waals surface area contributed by atoms with Crippen molar-refractivity contribution < 1.29 is 0 Å². The van der Waals surface area contributed by atoms with E-state index in [1.54, 1.807) is 11.8 Å². The molecule has 3 rings (SSSR count). The maximum atomic E-state index is 8.60. The lowest BCUT2D eigenvalue weighted by Crippen LogP contribution is -2.25. The molecular weight excluding hydrogens is 264 g/mol. The first kappa shape index (κ1) is 12.4. The largest absolute Gasteiger partial charge is 0.302 e. The van der Waals surface area contributed by atoms with Gasteiger partial charge in [0.25, 0.3) is 0 Å². The summed E-state index contributed by atoms with van der Waals surface area (Å²) in [6.07, 6.45) is 3.25. The van der Waals surface area contributed by atoms with Gasteiger partial charge in [0.2, 0.25) is 0 Å². The van der Waals surface area contributed by atoms with Gasteiger partial charge >= 0.3 is 0 Å². The van der Waals surface area contributed by atoms with E-state index in [-0.39, 0.29) is 0 Å². The molecule has 0 N–H and O–H groups in total. The molecule has 6 heteroatoms. The number of hydrogen-bond donors (Lipinski definition) is 0. The van der Waals surface area contributed by atoms with E-state index in [1.165, 1.54) is 43.4 Å². The highest BCUT2D eigenvalue weighted by Crippen LogP contribution is 2.41. The molecule has 0 aromatic carbocycles. The van der Waals surface area contributed by atoms with Gasteiger partial charge in [0.05, 0.1) is 23.5 Å². The van der Waals surface area contributed by atoms with Crippen molar-refractivity contribution in [3.05, 3.63) is 5.69 Å². The van der Waals surface area contributed by atoms with Gasteiger partial charge in [-0.3, -0.25) is 0 Å². The van der Waals surface area contributed by atoms with Gasteiger partial charge in [-0.05, 0) is 25.3 Å². The van der Waals surface area contributed by atoms with Crippen molar-refractivity contribution in [3.63, 3.8) is 0 Å². The quantitative estimate of drug-likeness (QED) is 0.626. The molecule has 4 nitrogen and oxygen atoms in total. The predicted octanol–water partition coefficient (Wildman–Crippen LogP) is 2.35. The van der Waals surface area contributed by atoms with Gasteiger partial charge in [0.1, 0.15) is 5.03 Å². The third-order valence-corrected chi connectivity index (χ3v) is 5.49. The third-order valence-electron chi connectivity index (χ3n) is 3.85. The summed E-state index contributed by atoms with van der Waals surface area (Å²) in [5.41, 5.74) is 1.21. The molecule has 2 aliphatic rings. The van der Waals surface area contributed by atoms with Crippen LogP contribution >= 0.6 is 23.5 Å². The van der Waals surface area contributed by atoms with Crippen LogP contribution in [0.5, 0.6) is 0 Å². The molecule has 2 saturated heterocycles. The number of piperidine rings is 1. The number of nitriles is 1. The van der Waals surface area contributed by atoms with Crippen LogP contribution in [0.15, 0.2) is 5.03 Å². The summed E-state index contributed by atoms with van der Waals surface area (Å²) in [6.45, 7) is 3.65. The van der Waals surface area contributed by atoms with Gasteiger partial charge in [0.15, 0.2) is 0 Å². The Morgan fingerprint density at radius 2 is 2.39 bits per heavy atom. The first-order chi connectivity index (χ1) is 8.88. The fourth-order valence-electron chi connectivity index (χ4n) is 3.03. The van der Waals surface area contributed by atoms with E-state index >= 15 is 0 Å². The Hall–Kier alpha value is -0.640. The zero-order chi connectivity index (χ0) is 12.4. The number of hydrogen-bond acceptors (Lipinski definition) is 6. The van der Waals surface area contributed by atoms with E-state index in [9.17, 15) is 0 Å². The summed E-state index contributed by atoms with van der Waals surface area (Å²) >= 11 is 3.02. The maximum absolute atomic E-state index is 8.60. The van der Waals surface area contributed by atoms with Crippen LogP contribution in [-0.4, -0.2) is 39.0 Å². The standard InChI is InChI=1S/C12H16N4S2/c13-4-2-6-17-12-11(14-18-15-12)10-8-16-5-1-3-9(10)7-16/h9-10H,1-3,5-8H2. The Kier molecular flexibility index (Phi) is 3.83. The van der Waals surface area contributed by atoms with Crippen molar-refractivity contribution in [2.24, 2.45) is 5.92 Å². The highest BCUT2D eigenvalue weighted by atomic mass is 32.2. The molecule has 2 aliphatic heterocycles. The van der Waals surface area contributed by atoms with Crippen LogP contribution in [0.3, 0.4) is 0 Å². The van der Waals surface area contributed by atoms with Crippen molar-refractivity contribution in [2.75, 3.05) is 25.4 Å². The summed E-state index contributed by atoms with van der Waals surface area (Å²) in [5, 5.41) is 9.67. The normalized spacial score (nSPS) is 30.3. The number of thioether (sulfide) groups is 1. The van der Waals surface area contributed by atoms with Crippen LogP contribution in [0.25, 0.3) is 0 Å². The molecule has 2 bridgehead atoms. The Morgan fingerprint density at radius 3 is 3.22 bits per heavy atom. The van der Waals surface area contributed by atoms with Crippen LogP contribution in [-0.2, 0) is 0 Å². The predicted molar refractivity (Wildman–Crippen MR) is 72.8 cm³/mol. The Balaban J connectivity index is 1.72. The SMILES string of the molecule is N#CCCSc1nsnc1C1CN2CCCC1C2. The first-order valence-electron chi connectivity index (χ1n) is 6.43. The monoisotopic (exact) mass is 280 g/mol. The minimum Gasteiger partial charge on any atom is -0.302 e. The molecule has 1 aromatic rings. The Morgan fingerprint density at radius 1 is 1.44 bits per heavy atom. The lowest BCUT2D eigenvalue weighted by atomic mass is 9.89. The van der Waals surface area contributed by atoms with Gasteiger partial charge in [0, 0.05) is 31.2 Å². The first-order valence-corrected chi connectivity index (χ1v) is 8.14. The molecule has 96 valence electrons. The molecule has 0 radical (unpaired) electrons. The van der Waals surface area contributed by atoms with E-state index in [0.29, 0.717) is 12.3 Å². The van der Waals surface area contributed by atoms with Gasteiger partial charge in [-0.15, -0.1) is 11.8 Å². The number of nitrogens with zero attached hydrogens (tertiary/aromatic N) is 4. The van der Waals surface area contributed by atoms with E-state index < -0.39 is 0 Å². The zero-order valence-electron chi connectivity index (χ0n) is 10.2. The number of rotatable bonds is 4. The summed E-state index contributed by atoms with van der Waals surface area (Å²) < 4.78 is 8.95. The summed E-state index contributed by atoms with van der Waals surface area (Å²) in [7, 11) is 0. The van der Waals surface area contributed by atoms with E-state index in [0.717, 1.165) is 23.2 Å². The number of aromatic nitrogens is 2. The molecule has 0 aliphatic carbocycles. The fraction of sp³-hybridized carbons (Fsp3) is 0.750. The second-order valence-corrected chi connectivity index (χ2v) is 6.59. The van der Waals surface area contributed by atoms with Crippen LogP contribution in [0.1, 0.15) is 30.9 Å². The van der Waals surface area contributed by atoms with Gasteiger partial charge < -0.3 is 4.90 Å². The van der Waals surface area contributed by atoms with Crippen LogP contribution in [0.4, 0.5) is 0 Å². The lowest BCUT2D eigenvalue weighted by Gasteiger charge is -2.21. The molecular formula is C12H16N4S2. The smallest absolute Gasteiger partial charge is 0.134 e. The van der Waals surface area contributed by atoms with E-state index in [4.69, 9.17) is 5.26 Å². The Bertz CT molecular complexity index is 453. The van der Waals surface area contributed by atoms with Crippen molar-refractivity contribution >= 4 is 23.5 Å². The second kappa shape index (κ2) is 5.55. The zero-order valence-corrected chi connectivity index (χ0v) is 11.8. The second-order valence-electron chi connectivity index (χ2n) is 4.98. The fourth-order valence-corrected chi connectivity index (χ4v) is 4.65. The molecule has 0 saturated carbocycles. The highest BCUT2D eigenvalue weighted by molar-refractivity contribution is 7.99. The van der Waals surface area contributed by atoms with Crippen LogP contribution in [0.2, 0.25) is 0 Å². The van der Waals surface area contributed by atoms with E-state index in [2.05, 4.69) is 19.7 Å².